The number of nitrogens with zero attached hydrogens (tertiary/aromatic N) is 2. The fourth-order valence-corrected chi connectivity index (χ4v) is 4.22. The van der Waals surface area contributed by atoms with Crippen LogP contribution in [-0.2, 0) is 24.3 Å². The summed E-state index contributed by atoms with van der Waals surface area (Å²) in [5.74, 6) is -1.31. The second kappa shape index (κ2) is 9.16. The number of carbonyl (C=O) groups is 3. The van der Waals surface area contributed by atoms with Crippen molar-refractivity contribution < 1.29 is 27.5 Å². The Morgan fingerprint density at radius 1 is 1.14 bits per heavy atom. The lowest BCUT2D eigenvalue weighted by molar-refractivity contribution is -0.130. The number of benzene rings is 1. The zero-order chi connectivity index (χ0) is 20.9. The van der Waals surface area contributed by atoms with Crippen molar-refractivity contribution in [2.75, 3.05) is 32.8 Å². The lowest BCUT2D eigenvalue weighted by Gasteiger charge is -2.33. The van der Waals surface area contributed by atoms with Gasteiger partial charge in [-0.15, -0.1) is 0 Å². The highest BCUT2D eigenvalue weighted by molar-refractivity contribution is 7.89. The van der Waals surface area contributed by atoms with Gasteiger partial charge in [-0.25, -0.2) is 13.2 Å². The highest BCUT2D eigenvalue weighted by atomic mass is 32.2. The molecule has 154 valence electrons. The van der Waals surface area contributed by atoms with Gasteiger partial charge in [0.2, 0.25) is 15.9 Å². The zero-order valence-electron chi connectivity index (χ0n) is 16.2. The molecule has 9 nitrogen and oxygen atoms in total. The van der Waals surface area contributed by atoms with E-state index in [1.54, 1.807) is 18.7 Å². The summed E-state index contributed by atoms with van der Waals surface area (Å²) in [4.78, 5) is 36.7. The van der Waals surface area contributed by atoms with Crippen molar-refractivity contribution in [1.29, 1.82) is 0 Å². The van der Waals surface area contributed by atoms with Crippen molar-refractivity contribution in [3.8, 4) is 0 Å². The number of amides is 2. The minimum Gasteiger partial charge on any atom is -0.452 e. The minimum absolute atomic E-state index is 0.0372. The predicted octanol–water partition coefficient (Wildman–Crippen LogP) is 0.221. The summed E-state index contributed by atoms with van der Waals surface area (Å²) in [6, 6.07) is 5.42. The van der Waals surface area contributed by atoms with Crippen LogP contribution in [0.4, 0.5) is 0 Å². The Morgan fingerprint density at radius 2 is 1.79 bits per heavy atom. The fraction of sp³-hybridized carbons (Fsp3) is 0.500. The molecule has 0 spiro atoms. The van der Waals surface area contributed by atoms with Crippen LogP contribution in [0.5, 0.6) is 0 Å². The summed E-state index contributed by atoms with van der Waals surface area (Å²) in [5, 5.41) is 2.59. The average Bonchev–Trinajstić information content (AvgIpc) is 2.65. The van der Waals surface area contributed by atoms with Crippen molar-refractivity contribution in [3.63, 3.8) is 0 Å². The van der Waals surface area contributed by atoms with Gasteiger partial charge in [0.05, 0.1) is 10.5 Å². The van der Waals surface area contributed by atoms with Crippen molar-refractivity contribution in [2.45, 2.75) is 31.7 Å². The van der Waals surface area contributed by atoms with Crippen molar-refractivity contribution in [3.05, 3.63) is 29.8 Å². The van der Waals surface area contributed by atoms with Gasteiger partial charge in [0.15, 0.2) is 6.61 Å². The van der Waals surface area contributed by atoms with E-state index < -0.39 is 28.5 Å². The van der Waals surface area contributed by atoms with Crippen LogP contribution >= 0.6 is 0 Å². The molecule has 0 radical (unpaired) electrons. The Labute approximate surface area is 164 Å². The van der Waals surface area contributed by atoms with E-state index in [1.807, 2.05) is 0 Å². The molecule has 0 aliphatic carbocycles. The lowest BCUT2D eigenvalue weighted by Crippen LogP contribution is -2.49. The molecule has 0 unspecified atom stereocenters. The van der Waals surface area contributed by atoms with Crippen molar-refractivity contribution in [1.82, 2.24) is 14.5 Å². The Hall–Kier alpha value is -2.46. The van der Waals surface area contributed by atoms with E-state index in [0.717, 1.165) is 0 Å². The van der Waals surface area contributed by atoms with E-state index in [0.29, 0.717) is 13.1 Å². The molecule has 1 aliphatic heterocycles. The van der Waals surface area contributed by atoms with Gasteiger partial charge in [-0.3, -0.25) is 9.59 Å². The Kier molecular flexibility index (Phi) is 7.14. The van der Waals surface area contributed by atoms with Gasteiger partial charge in [-0.05, 0) is 32.0 Å². The van der Waals surface area contributed by atoms with E-state index in [-0.39, 0.29) is 35.5 Å². The molecule has 1 aliphatic rings. The zero-order valence-corrected chi connectivity index (χ0v) is 17.0. The van der Waals surface area contributed by atoms with Crippen molar-refractivity contribution in [2.24, 2.45) is 0 Å². The number of hydrogen-bond acceptors (Lipinski definition) is 6. The Bertz CT molecular complexity index is 845. The molecule has 1 aromatic rings. The van der Waals surface area contributed by atoms with Gasteiger partial charge in [-0.2, -0.15) is 4.31 Å². The lowest BCUT2D eigenvalue weighted by atomic mass is 10.2. The first-order valence-electron chi connectivity index (χ1n) is 8.93. The highest BCUT2D eigenvalue weighted by Gasteiger charge is 2.29. The second-order valence-corrected chi connectivity index (χ2v) is 8.67. The normalized spacial score (nSPS) is 15.4. The largest absolute Gasteiger partial charge is 0.452 e. The van der Waals surface area contributed by atoms with Crippen LogP contribution in [0, 0.1) is 0 Å². The first kappa shape index (κ1) is 21.8. The number of carbonyl (C=O) groups excluding carboxylic acids is 3. The number of hydrogen-bond donors (Lipinski definition) is 1. The molecule has 0 saturated carbocycles. The third-order valence-electron chi connectivity index (χ3n) is 4.18. The molecule has 0 bridgehead atoms. The number of nitrogens with one attached hydrogen (secondary N) is 1. The van der Waals surface area contributed by atoms with Crippen molar-refractivity contribution >= 4 is 27.8 Å². The van der Waals surface area contributed by atoms with Gasteiger partial charge < -0.3 is 15.0 Å². The standard InChI is InChI=1S/C18H25N3O6S/c1-13(2)19-17(23)12-27-18(24)15-5-4-6-16(11-15)28(25,26)21-9-7-20(8-10-21)14(3)22/h4-6,11,13H,7-10,12H2,1-3H3,(H,19,23). The maximum absolute atomic E-state index is 12.8. The highest BCUT2D eigenvalue weighted by Crippen LogP contribution is 2.19. The maximum Gasteiger partial charge on any atom is 0.338 e. The van der Waals surface area contributed by atoms with Crippen LogP contribution in [0.2, 0.25) is 0 Å². The van der Waals surface area contributed by atoms with E-state index in [2.05, 4.69) is 5.32 Å². The third kappa shape index (κ3) is 5.52. The molecular formula is C18H25N3O6S. The summed E-state index contributed by atoms with van der Waals surface area (Å²) in [5.41, 5.74) is 0.0424. The van der Waals surface area contributed by atoms with E-state index in [9.17, 15) is 22.8 Å². The van der Waals surface area contributed by atoms with Crippen LogP contribution in [0.25, 0.3) is 0 Å². The first-order chi connectivity index (χ1) is 13.1. The smallest absolute Gasteiger partial charge is 0.338 e. The number of sulfonamides is 1. The summed E-state index contributed by atoms with van der Waals surface area (Å²) < 4.78 is 31.9. The van der Waals surface area contributed by atoms with E-state index in [1.165, 1.54) is 35.5 Å². The number of piperazine rings is 1. The molecule has 1 aromatic carbocycles. The van der Waals surface area contributed by atoms with Crippen LogP contribution in [0.1, 0.15) is 31.1 Å². The molecular weight excluding hydrogens is 386 g/mol. The quantitative estimate of drug-likeness (QED) is 0.670. The van der Waals surface area contributed by atoms with Crippen LogP contribution in [0.15, 0.2) is 29.2 Å². The summed E-state index contributed by atoms with van der Waals surface area (Å²) in [6.07, 6.45) is 0. The van der Waals surface area contributed by atoms with Gasteiger partial charge >= 0.3 is 5.97 Å². The van der Waals surface area contributed by atoms with Gasteiger partial charge in [0.1, 0.15) is 0 Å². The molecule has 2 rings (SSSR count). The van der Waals surface area contributed by atoms with Crippen LogP contribution < -0.4 is 5.32 Å². The molecule has 10 heteroatoms. The van der Waals surface area contributed by atoms with Crippen LogP contribution in [0.3, 0.4) is 0 Å². The molecule has 1 saturated heterocycles. The summed E-state index contributed by atoms with van der Waals surface area (Å²) >= 11 is 0. The number of ether oxygens (including phenoxy) is 1. The van der Waals surface area contributed by atoms with Gasteiger partial charge in [-0.1, -0.05) is 6.07 Å². The summed E-state index contributed by atoms with van der Waals surface area (Å²) in [6.45, 7) is 5.58. The number of esters is 1. The van der Waals surface area contributed by atoms with E-state index >= 15 is 0 Å². The predicted molar refractivity (Wildman–Crippen MR) is 101 cm³/mol. The minimum atomic E-state index is -3.81. The Balaban J connectivity index is 2.06. The van der Waals surface area contributed by atoms with E-state index in [4.69, 9.17) is 4.74 Å². The summed E-state index contributed by atoms with van der Waals surface area (Å²) in [7, 11) is -3.81. The topological polar surface area (TPSA) is 113 Å². The third-order valence-corrected chi connectivity index (χ3v) is 6.07. The monoisotopic (exact) mass is 411 g/mol. The first-order valence-corrected chi connectivity index (χ1v) is 10.4. The molecule has 0 aromatic heterocycles. The van der Waals surface area contributed by atoms with Gasteiger partial charge in [0, 0.05) is 39.1 Å². The molecule has 28 heavy (non-hydrogen) atoms. The number of rotatable bonds is 6. The molecule has 1 heterocycles. The fourth-order valence-electron chi connectivity index (χ4n) is 2.75. The molecule has 2 amide bonds. The molecule has 0 atom stereocenters. The Morgan fingerprint density at radius 3 is 2.36 bits per heavy atom. The van der Waals surface area contributed by atoms with Gasteiger partial charge in [0.25, 0.3) is 5.91 Å². The molecule has 1 fully saturated rings. The van der Waals surface area contributed by atoms with Crippen LogP contribution in [-0.4, -0.2) is 74.2 Å². The SMILES string of the molecule is CC(=O)N1CCN(S(=O)(=O)c2cccc(C(=O)OCC(=O)NC(C)C)c2)CC1. The maximum atomic E-state index is 12.8. The second-order valence-electron chi connectivity index (χ2n) is 6.74. The molecule has 1 N–H and O–H groups in total. The average molecular weight is 411 g/mol.